The van der Waals surface area contributed by atoms with Crippen LogP contribution in [0.15, 0.2) is 18.3 Å². The molecule has 1 aromatic rings. The van der Waals surface area contributed by atoms with Crippen molar-refractivity contribution in [1.29, 1.82) is 5.26 Å². The van der Waals surface area contributed by atoms with Gasteiger partial charge < -0.3 is 4.90 Å². The third-order valence-electron chi connectivity index (χ3n) is 4.53. The Labute approximate surface area is 135 Å². The molecule has 4 heterocycles. The summed E-state index contributed by atoms with van der Waals surface area (Å²) < 4.78 is 25.2. The average Bonchev–Trinajstić information content (AvgIpc) is 2.86. The van der Waals surface area contributed by atoms with E-state index in [0.29, 0.717) is 25.2 Å². The van der Waals surface area contributed by atoms with Gasteiger partial charge in [-0.3, -0.25) is 4.79 Å². The summed E-state index contributed by atoms with van der Waals surface area (Å²) in [6.45, 7) is 1.39. The number of pyridine rings is 1. The fraction of sp³-hybridized carbons (Fsp3) is 0.533. The van der Waals surface area contributed by atoms with Crippen molar-refractivity contribution in [3.63, 3.8) is 0 Å². The van der Waals surface area contributed by atoms with Crippen molar-refractivity contribution < 1.29 is 13.2 Å². The Morgan fingerprint density at radius 2 is 2.09 bits per heavy atom. The van der Waals surface area contributed by atoms with E-state index in [9.17, 15) is 13.2 Å². The molecule has 1 amide bonds. The number of hydrogen-bond acceptors (Lipinski definition) is 5. The fourth-order valence-corrected chi connectivity index (χ4v) is 4.24. The monoisotopic (exact) mass is 334 g/mol. The van der Waals surface area contributed by atoms with Crippen LogP contribution in [0.4, 0.5) is 0 Å². The third-order valence-corrected chi connectivity index (χ3v) is 5.77. The standard InChI is InChI=1S/C15H18N4O3S/c1-23(21,22)18-8-11-2-5-14(10-18)19(9-11)15(20)12-3-4-13(6-16)17-7-12/h3-4,7,11,14H,2,5,8-10H2,1H3/t11-,14+/m0/s1. The molecule has 0 radical (unpaired) electrons. The van der Waals surface area contributed by atoms with Crippen LogP contribution in [0.2, 0.25) is 0 Å². The number of fused-ring (bicyclic) bond motifs is 4. The molecule has 122 valence electrons. The number of rotatable bonds is 2. The van der Waals surface area contributed by atoms with E-state index in [1.165, 1.54) is 22.8 Å². The molecule has 0 N–H and O–H groups in total. The van der Waals surface area contributed by atoms with Gasteiger partial charge in [0.25, 0.3) is 5.91 Å². The van der Waals surface area contributed by atoms with Gasteiger partial charge in [0.1, 0.15) is 11.8 Å². The summed E-state index contributed by atoms with van der Waals surface area (Å²) in [5.74, 6) is 0.0193. The lowest BCUT2D eigenvalue weighted by atomic mass is 9.94. The van der Waals surface area contributed by atoms with Gasteiger partial charge in [-0.15, -0.1) is 0 Å². The van der Waals surface area contributed by atoms with Gasteiger partial charge in [0.15, 0.2) is 0 Å². The lowest BCUT2D eigenvalue weighted by Gasteiger charge is -2.36. The van der Waals surface area contributed by atoms with Crippen molar-refractivity contribution >= 4 is 15.9 Å². The largest absolute Gasteiger partial charge is 0.334 e. The predicted octanol–water partition coefficient (Wildman–Crippen LogP) is 0.449. The maximum atomic E-state index is 12.7. The number of sulfonamides is 1. The number of nitriles is 1. The zero-order valence-electron chi connectivity index (χ0n) is 12.8. The lowest BCUT2D eigenvalue weighted by molar-refractivity contribution is 0.0588. The Bertz CT molecular complexity index is 754. The van der Waals surface area contributed by atoms with Gasteiger partial charge in [0, 0.05) is 31.9 Å². The van der Waals surface area contributed by atoms with E-state index in [1.54, 1.807) is 11.0 Å². The van der Waals surface area contributed by atoms with E-state index in [1.807, 2.05) is 6.07 Å². The van der Waals surface area contributed by atoms with Crippen LogP contribution >= 0.6 is 0 Å². The van der Waals surface area contributed by atoms with Crippen molar-refractivity contribution in [3.8, 4) is 6.07 Å². The van der Waals surface area contributed by atoms with Crippen LogP contribution in [0, 0.1) is 17.2 Å². The number of carbonyl (C=O) groups is 1. The van der Waals surface area contributed by atoms with Crippen molar-refractivity contribution in [1.82, 2.24) is 14.2 Å². The van der Waals surface area contributed by atoms with Gasteiger partial charge in [0.05, 0.1) is 11.8 Å². The first-order valence-electron chi connectivity index (χ1n) is 7.50. The first kappa shape index (κ1) is 15.9. The second kappa shape index (κ2) is 5.91. The summed E-state index contributed by atoms with van der Waals surface area (Å²) in [6.07, 6.45) is 4.38. The number of amides is 1. The van der Waals surface area contributed by atoms with E-state index >= 15 is 0 Å². The second-order valence-corrected chi connectivity index (χ2v) is 8.16. The van der Waals surface area contributed by atoms with Crippen LogP contribution in [0.5, 0.6) is 0 Å². The topological polar surface area (TPSA) is 94.4 Å². The summed E-state index contributed by atoms with van der Waals surface area (Å²) in [6, 6.07) is 4.94. The minimum Gasteiger partial charge on any atom is -0.334 e. The molecule has 0 unspecified atom stereocenters. The molecule has 3 aliphatic heterocycles. The van der Waals surface area contributed by atoms with Crippen LogP contribution in [0.1, 0.15) is 28.9 Å². The number of piperidine rings is 1. The molecule has 23 heavy (non-hydrogen) atoms. The molecule has 3 fully saturated rings. The Morgan fingerprint density at radius 3 is 2.70 bits per heavy atom. The summed E-state index contributed by atoms with van der Waals surface area (Å²) in [5.41, 5.74) is 0.699. The highest BCUT2D eigenvalue weighted by Crippen LogP contribution is 2.30. The Hall–Kier alpha value is -1.98. The molecule has 0 spiro atoms. The van der Waals surface area contributed by atoms with E-state index < -0.39 is 10.0 Å². The Balaban J connectivity index is 1.83. The van der Waals surface area contributed by atoms with Crippen LogP contribution in [0.25, 0.3) is 0 Å². The Morgan fingerprint density at radius 1 is 1.30 bits per heavy atom. The van der Waals surface area contributed by atoms with Crippen molar-refractivity contribution in [2.45, 2.75) is 18.9 Å². The molecule has 1 aromatic heterocycles. The number of hydrogen-bond donors (Lipinski definition) is 0. The summed E-state index contributed by atoms with van der Waals surface area (Å²) in [7, 11) is -3.25. The minimum absolute atomic E-state index is 0.105. The molecule has 2 atom stereocenters. The molecular formula is C15H18N4O3S. The SMILES string of the molecule is CS(=O)(=O)N1C[C@@H]2CC[C@H](C1)N(C(=O)c1ccc(C#N)nc1)C2. The zero-order chi connectivity index (χ0) is 16.6. The summed E-state index contributed by atoms with van der Waals surface area (Å²) in [5, 5.41) is 8.77. The predicted molar refractivity (Wildman–Crippen MR) is 82.9 cm³/mol. The van der Waals surface area contributed by atoms with Gasteiger partial charge in [-0.1, -0.05) is 0 Å². The first-order chi connectivity index (χ1) is 10.9. The van der Waals surface area contributed by atoms with Crippen LogP contribution in [-0.4, -0.2) is 60.4 Å². The molecular weight excluding hydrogens is 316 g/mol. The van der Waals surface area contributed by atoms with Gasteiger partial charge in [0.2, 0.25) is 10.0 Å². The summed E-state index contributed by atoms with van der Waals surface area (Å²) >= 11 is 0. The maximum Gasteiger partial charge on any atom is 0.255 e. The highest BCUT2D eigenvalue weighted by atomic mass is 32.2. The second-order valence-electron chi connectivity index (χ2n) is 6.18. The van der Waals surface area contributed by atoms with E-state index in [-0.39, 0.29) is 23.6 Å². The molecule has 7 nitrogen and oxygen atoms in total. The van der Waals surface area contributed by atoms with Crippen LogP contribution in [0.3, 0.4) is 0 Å². The molecule has 0 saturated carbocycles. The smallest absolute Gasteiger partial charge is 0.255 e. The van der Waals surface area contributed by atoms with E-state index in [0.717, 1.165) is 12.8 Å². The highest BCUT2D eigenvalue weighted by molar-refractivity contribution is 7.88. The molecule has 8 heteroatoms. The van der Waals surface area contributed by atoms with Gasteiger partial charge in [-0.25, -0.2) is 13.4 Å². The highest BCUT2D eigenvalue weighted by Gasteiger charge is 2.39. The van der Waals surface area contributed by atoms with Crippen LogP contribution < -0.4 is 0 Å². The maximum absolute atomic E-state index is 12.7. The van der Waals surface area contributed by atoms with Crippen molar-refractivity contribution in [2.75, 3.05) is 25.9 Å². The van der Waals surface area contributed by atoms with Crippen molar-refractivity contribution in [2.24, 2.45) is 5.92 Å². The molecule has 0 aromatic carbocycles. The number of aromatic nitrogens is 1. The van der Waals surface area contributed by atoms with Gasteiger partial charge >= 0.3 is 0 Å². The quantitative estimate of drug-likeness (QED) is 0.782. The van der Waals surface area contributed by atoms with Crippen molar-refractivity contribution in [3.05, 3.63) is 29.6 Å². The zero-order valence-corrected chi connectivity index (χ0v) is 13.7. The number of nitrogens with zero attached hydrogens (tertiary/aromatic N) is 4. The first-order valence-corrected chi connectivity index (χ1v) is 9.35. The third kappa shape index (κ3) is 3.21. The van der Waals surface area contributed by atoms with Crippen LogP contribution in [-0.2, 0) is 10.0 Å². The summed E-state index contributed by atoms with van der Waals surface area (Å²) in [4.78, 5) is 18.4. The minimum atomic E-state index is -3.25. The Kier molecular flexibility index (Phi) is 4.08. The normalized spacial score (nSPS) is 25.0. The van der Waals surface area contributed by atoms with E-state index in [4.69, 9.17) is 5.26 Å². The molecule has 0 aliphatic carbocycles. The molecule has 4 rings (SSSR count). The van der Waals surface area contributed by atoms with Gasteiger partial charge in [-0.2, -0.15) is 9.57 Å². The fourth-order valence-electron chi connectivity index (χ4n) is 3.31. The number of carbonyl (C=O) groups excluding carboxylic acids is 1. The average molecular weight is 334 g/mol. The van der Waals surface area contributed by atoms with Gasteiger partial charge in [-0.05, 0) is 30.9 Å². The molecule has 3 saturated heterocycles. The molecule has 3 aliphatic rings. The van der Waals surface area contributed by atoms with E-state index in [2.05, 4.69) is 4.98 Å². The lowest BCUT2D eigenvalue weighted by Crippen LogP contribution is -2.47. The molecule has 2 bridgehead atoms.